The maximum atomic E-state index is 13.8. The Labute approximate surface area is 137 Å². The molecule has 3 N–H and O–H groups in total. The summed E-state index contributed by atoms with van der Waals surface area (Å²) in [6.07, 6.45) is 0.993. The SMILES string of the molecule is CC(F)(F)C(CNS(=O)(=O)c1c[nH]c(C(=O)O)c1)c1ccccc1. The lowest BCUT2D eigenvalue weighted by molar-refractivity contribution is -0.00620. The number of carboxylic acid groups (broad SMARTS) is 1. The maximum Gasteiger partial charge on any atom is 0.352 e. The number of benzene rings is 1. The van der Waals surface area contributed by atoms with Crippen LogP contribution in [0.2, 0.25) is 0 Å². The zero-order valence-electron chi connectivity index (χ0n) is 12.7. The van der Waals surface area contributed by atoms with Gasteiger partial charge in [-0.2, -0.15) is 0 Å². The van der Waals surface area contributed by atoms with Crippen LogP contribution in [-0.4, -0.2) is 36.9 Å². The molecule has 2 aromatic rings. The van der Waals surface area contributed by atoms with E-state index < -0.39 is 34.4 Å². The first-order valence-corrected chi connectivity index (χ1v) is 8.43. The predicted molar refractivity (Wildman–Crippen MR) is 82.7 cm³/mol. The molecule has 0 bridgehead atoms. The summed E-state index contributed by atoms with van der Waals surface area (Å²) < 4.78 is 54.1. The molecule has 1 unspecified atom stereocenters. The maximum absolute atomic E-state index is 13.8. The molecule has 130 valence electrons. The Hall–Kier alpha value is -2.26. The summed E-state index contributed by atoms with van der Waals surface area (Å²) in [5.41, 5.74) is -0.0104. The summed E-state index contributed by atoms with van der Waals surface area (Å²) in [7, 11) is -4.11. The third-order valence-corrected chi connectivity index (χ3v) is 4.89. The second-order valence-corrected chi connectivity index (χ2v) is 7.09. The molecule has 1 aromatic heterocycles. The molecule has 0 saturated heterocycles. The smallest absolute Gasteiger partial charge is 0.352 e. The van der Waals surface area contributed by atoms with Crippen LogP contribution in [0.15, 0.2) is 47.5 Å². The van der Waals surface area contributed by atoms with Crippen LogP contribution in [0, 0.1) is 0 Å². The summed E-state index contributed by atoms with van der Waals surface area (Å²) >= 11 is 0. The quantitative estimate of drug-likeness (QED) is 0.708. The number of nitrogens with one attached hydrogen (secondary N) is 2. The molecule has 1 atom stereocenters. The number of alkyl halides is 2. The number of carboxylic acids is 1. The molecule has 6 nitrogen and oxygen atoms in total. The van der Waals surface area contributed by atoms with Gasteiger partial charge in [-0.25, -0.2) is 26.7 Å². The van der Waals surface area contributed by atoms with Crippen LogP contribution in [0.5, 0.6) is 0 Å². The van der Waals surface area contributed by atoms with E-state index in [-0.39, 0.29) is 10.6 Å². The molecule has 0 aliphatic heterocycles. The molecule has 0 amide bonds. The van der Waals surface area contributed by atoms with E-state index in [0.29, 0.717) is 5.56 Å². The molecular weight excluding hydrogens is 342 g/mol. The van der Waals surface area contributed by atoms with E-state index in [2.05, 4.69) is 9.71 Å². The van der Waals surface area contributed by atoms with Gasteiger partial charge in [0.05, 0.1) is 5.92 Å². The van der Waals surface area contributed by atoms with Gasteiger partial charge < -0.3 is 10.1 Å². The standard InChI is InChI=1S/C15H16F2N2O4S/c1-15(16,17)12(10-5-3-2-4-6-10)9-19-24(22,23)11-7-13(14(20)21)18-8-11/h2-8,12,18-19H,9H2,1H3,(H,20,21). The van der Waals surface area contributed by atoms with Gasteiger partial charge in [0.2, 0.25) is 10.0 Å². The van der Waals surface area contributed by atoms with E-state index in [1.165, 1.54) is 12.1 Å². The van der Waals surface area contributed by atoms with Crippen LogP contribution in [0.4, 0.5) is 8.78 Å². The number of aromatic amines is 1. The fourth-order valence-electron chi connectivity index (χ4n) is 2.20. The van der Waals surface area contributed by atoms with Crippen LogP contribution in [0.1, 0.15) is 28.9 Å². The minimum atomic E-state index is -4.11. The van der Waals surface area contributed by atoms with Gasteiger partial charge in [-0.05, 0) is 11.6 Å². The minimum absolute atomic E-state index is 0.299. The van der Waals surface area contributed by atoms with Crippen LogP contribution in [-0.2, 0) is 10.0 Å². The van der Waals surface area contributed by atoms with Crippen molar-refractivity contribution in [3.63, 3.8) is 0 Å². The minimum Gasteiger partial charge on any atom is -0.477 e. The lowest BCUT2D eigenvalue weighted by Crippen LogP contribution is -2.35. The van der Waals surface area contributed by atoms with Crippen molar-refractivity contribution < 1.29 is 27.1 Å². The average molecular weight is 358 g/mol. The van der Waals surface area contributed by atoms with Crippen molar-refractivity contribution in [1.29, 1.82) is 0 Å². The van der Waals surface area contributed by atoms with Crippen molar-refractivity contribution in [3.05, 3.63) is 53.9 Å². The second kappa shape index (κ2) is 6.70. The predicted octanol–water partition coefficient (Wildman–Crippen LogP) is 2.43. The lowest BCUT2D eigenvalue weighted by Gasteiger charge is -2.24. The van der Waals surface area contributed by atoms with Gasteiger partial charge in [-0.15, -0.1) is 0 Å². The summed E-state index contributed by atoms with van der Waals surface area (Å²) in [5, 5.41) is 8.79. The largest absolute Gasteiger partial charge is 0.477 e. The summed E-state index contributed by atoms with van der Waals surface area (Å²) in [6, 6.07) is 8.77. The monoisotopic (exact) mass is 358 g/mol. The fraction of sp³-hybridized carbons (Fsp3) is 0.267. The van der Waals surface area contributed by atoms with E-state index in [0.717, 1.165) is 19.2 Å². The first kappa shape index (κ1) is 18.1. The number of H-pyrrole nitrogens is 1. The van der Waals surface area contributed by atoms with Gasteiger partial charge in [0.25, 0.3) is 5.92 Å². The van der Waals surface area contributed by atoms with Crippen molar-refractivity contribution in [1.82, 2.24) is 9.71 Å². The highest BCUT2D eigenvalue weighted by Crippen LogP contribution is 2.32. The Morgan fingerprint density at radius 3 is 2.46 bits per heavy atom. The fourth-order valence-corrected chi connectivity index (χ4v) is 3.24. The number of hydrogen-bond acceptors (Lipinski definition) is 3. The summed E-state index contributed by atoms with van der Waals surface area (Å²) in [6.45, 7) is 0.196. The summed E-state index contributed by atoms with van der Waals surface area (Å²) in [5.74, 6) is -5.82. The molecule has 0 saturated carbocycles. The third kappa shape index (κ3) is 4.18. The number of aromatic nitrogens is 1. The number of rotatable bonds is 7. The van der Waals surface area contributed by atoms with E-state index in [9.17, 15) is 22.0 Å². The molecule has 0 spiro atoms. The second-order valence-electron chi connectivity index (χ2n) is 5.33. The van der Waals surface area contributed by atoms with Gasteiger partial charge in [0, 0.05) is 19.7 Å². The average Bonchev–Trinajstić information content (AvgIpc) is 2.98. The molecule has 0 radical (unpaired) electrons. The van der Waals surface area contributed by atoms with Crippen LogP contribution >= 0.6 is 0 Å². The first-order chi connectivity index (χ1) is 11.1. The van der Waals surface area contributed by atoms with Gasteiger partial charge >= 0.3 is 5.97 Å². The van der Waals surface area contributed by atoms with E-state index in [4.69, 9.17) is 5.11 Å². The Bertz CT molecular complexity index is 813. The van der Waals surface area contributed by atoms with E-state index in [1.807, 2.05) is 0 Å². The molecule has 0 aliphatic carbocycles. The highest BCUT2D eigenvalue weighted by Gasteiger charge is 2.36. The molecule has 2 rings (SSSR count). The van der Waals surface area contributed by atoms with Gasteiger partial charge in [-0.1, -0.05) is 30.3 Å². The number of aromatic carboxylic acids is 1. The zero-order valence-corrected chi connectivity index (χ0v) is 13.5. The topological polar surface area (TPSA) is 99.3 Å². The molecular formula is C15H16F2N2O4S. The molecule has 1 heterocycles. The zero-order chi connectivity index (χ0) is 18.0. The van der Waals surface area contributed by atoms with Gasteiger partial charge in [0.15, 0.2) is 0 Å². The van der Waals surface area contributed by atoms with Crippen molar-refractivity contribution in [2.45, 2.75) is 23.7 Å². The number of hydrogen-bond donors (Lipinski definition) is 3. The lowest BCUT2D eigenvalue weighted by atomic mass is 9.94. The van der Waals surface area contributed by atoms with Gasteiger partial charge in [0.1, 0.15) is 10.6 Å². The van der Waals surface area contributed by atoms with Crippen molar-refractivity contribution >= 4 is 16.0 Å². The van der Waals surface area contributed by atoms with Crippen LogP contribution < -0.4 is 4.72 Å². The number of carbonyl (C=O) groups is 1. The Balaban J connectivity index is 2.20. The highest BCUT2D eigenvalue weighted by atomic mass is 32.2. The highest BCUT2D eigenvalue weighted by molar-refractivity contribution is 7.89. The third-order valence-electron chi connectivity index (χ3n) is 3.49. The Morgan fingerprint density at radius 2 is 1.96 bits per heavy atom. The molecule has 0 aliphatic rings. The Morgan fingerprint density at radius 1 is 1.33 bits per heavy atom. The molecule has 0 fully saturated rings. The first-order valence-electron chi connectivity index (χ1n) is 6.95. The van der Waals surface area contributed by atoms with E-state index >= 15 is 0 Å². The van der Waals surface area contributed by atoms with Crippen molar-refractivity contribution in [3.8, 4) is 0 Å². The number of halogens is 2. The van der Waals surface area contributed by atoms with E-state index in [1.54, 1.807) is 18.2 Å². The molecule has 9 heteroatoms. The van der Waals surface area contributed by atoms with Crippen molar-refractivity contribution in [2.24, 2.45) is 0 Å². The number of sulfonamides is 1. The Kier molecular flexibility index (Phi) is 5.05. The molecule has 24 heavy (non-hydrogen) atoms. The van der Waals surface area contributed by atoms with Crippen LogP contribution in [0.3, 0.4) is 0 Å². The van der Waals surface area contributed by atoms with Crippen molar-refractivity contribution in [2.75, 3.05) is 6.54 Å². The van der Waals surface area contributed by atoms with Gasteiger partial charge in [-0.3, -0.25) is 0 Å². The molecule has 1 aromatic carbocycles. The van der Waals surface area contributed by atoms with Crippen LogP contribution in [0.25, 0.3) is 0 Å². The summed E-state index contributed by atoms with van der Waals surface area (Å²) in [4.78, 5) is 12.7. The normalized spacial score (nSPS) is 13.6.